The Morgan fingerprint density at radius 3 is 2.48 bits per heavy atom. The highest BCUT2D eigenvalue weighted by molar-refractivity contribution is 5.30. The minimum absolute atomic E-state index is 0.464. The highest BCUT2D eigenvalue weighted by Crippen LogP contribution is 2.24. The van der Waals surface area contributed by atoms with Crippen molar-refractivity contribution in [2.75, 3.05) is 13.7 Å². The van der Waals surface area contributed by atoms with E-state index in [1.54, 1.807) is 7.11 Å². The number of hydrogen-bond donors (Lipinski definition) is 1. The average molecular weight is 291 g/mol. The Kier molecular flexibility index (Phi) is 9.98. The zero-order chi connectivity index (χ0) is 15.3. The molecule has 0 saturated heterocycles. The van der Waals surface area contributed by atoms with E-state index < -0.39 is 0 Å². The van der Waals surface area contributed by atoms with Gasteiger partial charge in [-0.2, -0.15) is 0 Å². The molecule has 0 fully saturated rings. The van der Waals surface area contributed by atoms with Crippen LogP contribution in [0.1, 0.15) is 76.8 Å². The molecule has 0 aliphatic rings. The SMILES string of the molecule is CCCCCCCCC(NCCC)c1cccc(OC)c1. The second-order valence-corrected chi connectivity index (χ2v) is 5.84. The van der Waals surface area contributed by atoms with Gasteiger partial charge in [0.05, 0.1) is 7.11 Å². The van der Waals surface area contributed by atoms with Gasteiger partial charge in [0.1, 0.15) is 5.75 Å². The van der Waals surface area contributed by atoms with Crippen LogP contribution in [0.25, 0.3) is 0 Å². The normalized spacial score (nSPS) is 12.3. The summed E-state index contributed by atoms with van der Waals surface area (Å²) in [6, 6.07) is 8.96. The maximum Gasteiger partial charge on any atom is 0.119 e. The van der Waals surface area contributed by atoms with Crippen LogP contribution in [0.5, 0.6) is 5.75 Å². The number of hydrogen-bond acceptors (Lipinski definition) is 2. The van der Waals surface area contributed by atoms with Crippen LogP contribution in [0.4, 0.5) is 0 Å². The highest BCUT2D eigenvalue weighted by Gasteiger charge is 2.11. The topological polar surface area (TPSA) is 21.3 Å². The van der Waals surface area contributed by atoms with E-state index in [4.69, 9.17) is 4.74 Å². The second-order valence-electron chi connectivity index (χ2n) is 5.84. The molecule has 0 amide bonds. The third kappa shape index (κ3) is 7.52. The molecule has 0 aromatic heterocycles. The predicted molar refractivity (Wildman–Crippen MR) is 92.0 cm³/mol. The Hall–Kier alpha value is -1.02. The molecule has 2 nitrogen and oxygen atoms in total. The molecule has 1 aromatic rings. The first-order chi connectivity index (χ1) is 10.3. The first-order valence-corrected chi connectivity index (χ1v) is 8.69. The molecule has 0 heterocycles. The number of benzene rings is 1. The number of methoxy groups -OCH3 is 1. The first-order valence-electron chi connectivity index (χ1n) is 8.69. The lowest BCUT2D eigenvalue weighted by molar-refractivity contribution is 0.411. The van der Waals surface area contributed by atoms with E-state index in [1.807, 2.05) is 6.07 Å². The Morgan fingerprint density at radius 2 is 1.76 bits per heavy atom. The highest BCUT2D eigenvalue weighted by atomic mass is 16.5. The van der Waals surface area contributed by atoms with Crippen LogP contribution >= 0.6 is 0 Å². The van der Waals surface area contributed by atoms with Gasteiger partial charge >= 0.3 is 0 Å². The number of nitrogens with one attached hydrogen (secondary N) is 1. The van der Waals surface area contributed by atoms with Gasteiger partial charge in [-0.3, -0.25) is 0 Å². The minimum atomic E-state index is 0.464. The summed E-state index contributed by atoms with van der Waals surface area (Å²) in [6.45, 7) is 5.57. The molecule has 1 aromatic carbocycles. The van der Waals surface area contributed by atoms with Gasteiger partial charge in [-0.25, -0.2) is 0 Å². The van der Waals surface area contributed by atoms with Gasteiger partial charge in [0, 0.05) is 6.04 Å². The molecule has 1 N–H and O–H groups in total. The summed E-state index contributed by atoms with van der Waals surface area (Å²) in [7, 11) is 1.74. The summed E-state index contributed by atoms with van der Waals surface area (Å²) in [5.41, 5.74) is 1.36. The van der Waals surface area contributed by atoms with Crippen molar-refractivity contribution in [2.45, 2.75) is 71.3 Å². The lowest BCUT2D eigenvalue weighted by atomic mass is 9.99. The van der Waals surface area contributed by atoms with E-state index in [0.29, 0.717) is 6.04 Å². The van der Waals surface area contributed by atoms with E-state index in [1.165, 1.54) is 56.9 Å². The Bertz CT molecular complexity index is 364. The molecule has 0 aliphatic heterocycles. The fourth-order valence-corrected chi connectivity index (χ4v) is 2.69. The first kappa shape index (κ1) is 18.0. The van der Waals surface area contributed by atoms with Crippen molar-refractivity contribution in [2.24, 2.45) is 0 Å². The quantitative estimate of drug-likeness (QED) is 0.514. The summed E-state index contributed by atoms with van der Waals surface area (Å²) in [6.07, 6.45) is 10.5. The van der Waals surface area contributed by atoms with Crippen molar-refractivity contribution in [3.8, 4) is 5.75 Å². The maximum absolute atomic E-state index is 5.35. The predicted octanol–water partition coefficient (Wildman–Crippen LogP) is 5.49. The minimum Gasteiger partial charge on any atom is -0.497 e. The molecular weight excluding hydrogens is 258 g/mol. The number of rotatable bonds is 12. The van der Waals surface area contributed by atoms with E-state index >= 15 is 0 Å². The Balaban J connectivity index is 2.46. The van der Waals surface area contributed by atoms with Crippen molar-refractivity contribution in [1.82, 2.24) is 5.32 Å². The van der Waals surface area contributed by atoms with E-state index in [2.05, 4.69) is 37.4 Å². The van der Waals surface area contributed by atoms with E-state index in [-0.39, 0.29) is 0 Å². The van der Waals surface area contributed by atoms with Crippen LogP contribution in [-0.4, -0.2) is 13.7 Å². The van der Waals surface area contributed by atoms with Gasteiger partial charge in [-0.15, -0.1) is 0 Å². The fraction of sp³-hybridized carbons (Fsp3) is 0.684. The summed E-state index contributed by atoms with van der Waals surface area (Å²) in [5, 5.41) is 3.68. The molecule has 0 spiro atoms. The molecule has 1 rings (SSSR count). The van der Waals surface area contributed by atoms with Gasteiger partial charge in [0.2, 0.25) is 0 Å². The fourth-order valence-electron chi connectivity index (χ4n) is 2.69. The monoisotopic (exact) mass is 291 g/mol. The Labute approximate surface area is 131 Å². The molecule has 1 unspecified atom stereocenters. The number of unbranched alkanes of at least 4 members (excludes halogenated alkanes) is 5. The zero-order valence-corrected chi connectivity index (χ0v) is 14.2. The smallest absolute Gasteiger partial charge is 0.119 e. The summed E-state index contributed by atoms with van der Waals surface area (Å²) in [5.74, 6) is 0.957. The lowest BCUT2D eigenvalue weighted by Crippen LogP contribution is -2.22. The lowest BCUT2D eigenvalue weighted by Gasteiger charge is -2.19. The van der Waals surface area contributed by atoms with Gasteiger partial charge in [0.15, 0.2) is 0 Å². The van der Waals surface area contributed by atoms with Crippen molar-refractivity contribution in [3.05, 3.63) is 29.8 Å². The molecule has 1 atom stereocenters. The standard InChI is InChI=1S/C19H33NO/c1-4-6-7-8-9-10-14-19(20-15-5-2)17-12-11-13-18(16-17)21-3/h11-13,16,19-20H,4-10,14-15H2,1-3H3. The number of ether oxygens (including phenoxy) is 1. The molecule has 0 bridgehead atoms. The third-order valence-electron chi connectivity index (χ3n) is 3.98. The zero-order valence-electron chi connectivity index (χ0n) is 14.2. The average Bonchev–Trinajstić information content (AvgIpc) is 2.53. The van der Waals surface area contributed by atoms with Gasteiger partial charge < -0.3 is 10.1 Å². The van der Waals surface area contributed by atoms with Crippen molar-refractivity contribution >= 4 is 0 Å². The van der Waals surface area contributed by atoms with Crippen molar-refractivity contribution < 1.29 is 4.74 Å². The van der Waals surface area contributed by atoms with Gasteiger partial charge in [-0.05, 0) is 37.1 Å². The molecule has 2 heteroatoms. The van der Waals surface area contributed by atoms with Crippen LogP contribution < -0.4 is 10.1 Å². The molecule has 0 saturated carbocycles. The maximum atomic E-state index is 5.35. The molecule has 21 heavy (non-hydrogen) atoms. The summed E-state index contributed by atoms with van der Waals surface area (Å²) >= 11 is 0. The van der Waals surface area contributed by atoms with Gasteiger partial charge in [0.25, 0.3) is 0 Å². The van der Waals surface area contributed by atoms with Crippen LogP contribution in [0, 0.1) is 0 Å². The molecule has 120 valence electrons. The van der Waals surface area contributed by atoms with E-state index in [0.717, 1.165) is 12.3 Å². The van der Waals surface area contributed by atoms with Crippen LogP contribution in [0.2, 0.25) is 0 Å². The van der Waals surface area contributed by atoms with Crippen molar-refractivity contribution in [3.63, 3.8) is 0 Å². The summed E-state index contributed by atoms with van der Waals surface area (Å²) in [4.78, 5) is 0. The third-order valence-corrected chi connectivity index (χ3v) is 3.98. The van der Waals surface area contributed by atoms with Crippen LogP contribution in [0.15, 0.2) is 24.3 Å². The Morgan fingerprint density at radius 1 is 1.00 bits per heavy atom. The van der Waals surface area contributed by atoms with E-state index in [9.17, 15) is 0 Å². The largest absolute Gasteiger partial charge is 0.497 e. The van der Waals surface area contributed by atoms with Crippen LogP contribution in [-0.2, 0) is 0 Å². The molecule has 0 radical (unpaired) electrons. The van der Waals surface area contributed by atoms with Gasteiger partial charge in [-0.1, -0.05) is 64.5 Å². The van der Waals surface area contributed by atoms with Crippen molar-refractivity contribution in [1.29, 1.82) is 0 Å². The molecular formula is C19H33NO. The second kappa shape index (κ2) is 11.6. The molecule has 0 aliphatic carbocycles. The van der Waals surface area contributed by atoms with Crippen LogP contribution in [0.3, 0.4) is 0 Å². The summed E-state index contributed by atoms with van der Waals surface area (Å²) < 4.78 is 5.35.